The highest BCUT2D eigenvalue weighted by Gasteiger charge is 2.22. The second-order valence-corrected chi connectivity index (χ2v) is 8.34. The number of nitrogens with zero attached hydrogens (tertiary/aromatic N) is 4. The van der Waals surface area contributed by atoms with E-state index < -0.39 is 5.97 Å². The number of fused-ring (bicyclic) bond motifs is 1. The highest BCUT2D eigenvalue weighted by atomic mass is 16.5. The molecule has 5 rings (SSSR count). The highest BCUT2D eigenvalue weighted by Crippen LogP contribution is 2.34. The molecule has 0 spiro atoms. The van der Waals surface area contributed by atoms with Crippen LogP contribution in [0.4, 0.5) is 0 Å². The molecule has 0 aliphatic heterocycles. The van der Waals surface area contributed by atoms with E-state index >= 15 is 0 Å². The first-order valence-electron chi connectivity index (χ1n) is 11.5. The van der Waals surface area contributed by atoms with E-state index in [1.54, 1.807) is 49.5 Å². The lowest BCUT2D eigenvalue weighted by atomic mass is 10.1. The predicted molar refractivity (Wildman–Crippen MR) is 137 cm³/mol. The fourth-order valence-electron chi connectivity index (χ4n) is 3.99. The maximum Gasteiger partial charge on any atom is 0.359 e. The fourth-order valence-corrected chi connectivity index (χ4v) is 3.99. The minimum absolute atomic E-state index is 0.115. The van der Waals surface area contributed by atoms with Crippen molar-refractivity contribution in [3.05, 3.63) is 106 Å². The molecule has 9 heteroatoms. The summed E-state index contributed by atoms with van der Waals surface area (Å²) in [7, 11) is 3.10. The van der Waals surface area contributed by atoms with Crippen LogP contribution in [-0.4, -0.2) is 39.4 Å². The van der Waals surface area contributed by atoms with E-state index in [2.05, 4.69) is 10.1 Å². The van der Waals surface area contributed by atoms with Crippen LogP contribution in [0.5, 0.6) is 11.5 Å². The lowest BCUT2D eigenvalue weighted by molar-refractivity contribution is 0.0461. The van der Waals surface area contributed by atoms with Gasteiger partial charge in [-0.05, 0) is 54.4 Å². The first-order chi connectivity index (χ1) is 18.0. The third-order valence-electron chi connectivity index (χ3n) is 5.85. The molecule has 186 valence electrons. The molecule has 0 aliphatic rings. The molecular formula is C28H24N4O5. The molecule has 0 N–H and O–H groups in total. The molecule has 0 radical (unpaired) electrons. The monoisotopic (exact) mass is 496 g/mol. The van der Waals surface area contributed by atoms with Gasteiger partial charge in [0.05, 0.1) is 25.6 Å². The number of carbonyl (C=O) groups excluding carboxylic acids is 1. The predicted octanol–water partition coefficient (Wildman–Crippen LogP) is 4.23. The normalized spacial score (nSPS) is 10.9. The lowest BCUT2D eigenvalue weighted by Gasteiger charge is -2.10. The van der Waals surface area contributed by atoms with Gasteiger partial charge in [-0.3, -0.25) is 9.20 Å². The van der Waals surface area contributed by atoms with Crippen molar-refractivity contribution < 1.29 is 19.0 Å². The summed E-state index contributed by atoms with van der Waals surface area (Å²) in [5, 5.41) is 4.53. The van der Waals surface area contributed by atoms with Gasteiger partial charge in [-0.1, -0.05) is 24.3 Å². The molecule has 9 nitrogen and oxygen atoms in total. The van der Waals surface area contributed by atoms with Gasteiger partial charge in [0.1, 0.15) is 12.3 Å². The quantitative estimate of drug-likeness (QED) is 0.311. The van der Waals surface area contributed by atoms with Gasteiger partial charge < -0.3 is 14.2 Å². The SMILES string of the molecule is COc1ccc(-c2cn(-c3ccccc3)nc2C(=O)OCc2cc(=O)n3ccc(C)cc3n2)cc1OC. The van der Waals surface area contributed by atoms with Crippen LogP contribution in [0.25, 0.3) is 22.5 Å². The third-order valence-corrected chi connectivity index (χ3v) is 5.85. The summed E-state index contributed by atoms with van der Waals surface area (Å²) in [6, 6.07) is 19.8. The minimum Gasteiger partial charge on any atom is -0.493 e. The summed E-state index contributed by atoms with van der Waals surface area (Å²) in [5.41, 5.74) is 3.69. The molecule has 5 aromatic rings. The van der Waals surface area contributed by atoms with Crippen LogP contribution in [0.1, 0.15) is 21.7 Å². The van der Waals surface area contributed by atoms with Crippen molar-refractivity contribution in [2.24, 2.45) is 0 Å². The zero-order chi connectivity index (χ0) is 25.9. The van der Waals surface area contributed by atoms with Crippen molar-refractivity contribution >= 4 is 11.6 Å². The average molecular weight is 497 g/mol. The number of esters is 1. The number of hydrogen-bond acceptors (Lipinski definition) is 7. The Hall–Kier alpha value is -4.92. The van der Waals surface area contributed by atoms with Crippen LogP contribution in [0.15, 0.2) is 83.9 Å². The minimum atomic E-state index is -0.647. The maximum atomic E-state index is 13.3. The van der Waals surface area contributed by atoms with Crippen molar-refractivity contribution in [2.45, 2.75) is 13.5 Å². The Bertz CT molecular complexity index is 1660. The average Bonchev–Trinajstić information content (AvgIpc) is 3.37. The summed E-state index contributed by atoms with van der Waals surface area (Å²) < 4.78 is 19.4. The van der Waals surface area contributed by atoms with E-state index in [0.717, 1.165) is 11.3 Å². The van der Waals surface area contributed by atoms with Crippen LogP contribution in [0.2, 0.25) is 0 Å². The molecular weight excluding hydrogens is 472 g/mol. The van der Waals surface area contributed by atoms with E-state index in [-0.39, 0.29) is 17.9 Å². The second kappa shape index (κ2) is 9.98. The van der Waals surface area contributed by atoms with Crippen LogP contribution >= 0.6 is 0 Å². The Labute approximate surface area is 212 Å². The summed E-state index contributed by atoms with van der Waals surface area (Å²) >= 11 is 0. The van der Waals surface area contributed by atoms with Gasteiger partial charge in [-0.15, -0.1) is 0 Å². The summed E-state index contributed by atoms with van der Waals surface area (Å²) in [6.45, 7) is 1.74. The molecule has 2 aromatic carbocycles. The first-order valence-corrected chi connectivity index (χ1v) is 11.5. The number of methoxy groups -OCH3 is 2. The number of para-hydroxylation sites is 1. The lowest BCUT2D eigenvalue weighted by Crippen LogP contribution is -2.17. The smallest absolute Gasteiger partial charge is 0.359 e. The van der Waals surface area contributed by atoms with E-state index in [4.69, 9.17) is 14.2 Å². The van der Waals surface area contributed by atoms with Crippen molar-refractivity contribution in [2.75, 3.05) is 14.2 Å². The molecule has 3 aromatic heterocycles. The molecule has 0 fully saturated rings. The van der Waals surface area contributed by atoms with E-state index in [1.165, 1.54) is 10.5 Å². The topological polar surface area (TPSA) is 97.0 Å². The Morgan fingerprint density at radius 2 is 1.73 bits per heavy atom. The highest BCUT2D eigenvalue weighted by molar-refractivity contribution is 5.95. The number of benzene rings is 2. The van der Waals surface area contributed by atoms with Gasteiger partial charge in [0, 0.05) is 24.0 Å². The molecule has 0 amide bonds. The fraction of sp³-hybridized carbons (Fsp3) is 0.143. The Morgan fingerprint density at radius 1 is 0.946 bits per heavy atom. The molecule has 0 aliphatic carbocycles. The van der Waals surface area contributed by atoms with Gasteiger partial charge in [-0.2, -0.15) is 5.10 Å². The van der Waals surface area contributed by atoms with Gasteiger partial charge in [0.2, 0.25) is 0 Å². The number of ether oxygens (including phenoxy) is 3. The first kappa shape index (κ1) is 23.8. The maximum absolute atomic E-state index is 13.3. The number of hydrogen-bond donors (Lipinski definition) is 0. The molecule has 0 bridgehead atoms. The van der Waals surface area contributed by atoms with Crippen LogP contribution in [0, 0.1) is 6.92 Å². The molecule has 0 saturated carbocycles. The van der Waals surface area contributed by atoms with E-state index in [1.807, 2.05) is 49.4 Å². The molecule has 3 heterocycles. The zero-order valence-corrected chi connectivity index (χ0v) is 20.5. The largest absolute Gasteiger partial charge is 0.493 e. The van der Waals surface area contributed by atoms with Crippen LogP contribution < -0.4 is 15.0 Å². The summed E-state index contributed by atoms with van der Waals surface area (Å²) in [4.78, 5) is 30.2. The molecule has 37 heavy (non-hydrogen) atoms. The van der Waals surface area contributed by atoms with Crippen molar-refractivity contribution in [1.29, 1.82) is 0 Å². The number of aryl methyl sites for hydroxylation is 1. The van der Waals surface area contributed by atoms with E-state index in [0.29, 0.717) is 34.0 Å². The number of rotatable bonds is 7. The van der Waals surface area contributed by atoms with Crippen LogP contribution in [-0.2, 0) is 11.3 Å². The molecule has 0 unspecified atom stereocenters. The summed E-state index contributed by atoms with van der Waals surface area (Å²) in [6.07, 6.45) is 3.43. The number of carbonyl (C=O) groups is 1. The van der Waals surface area contributed by atoms with Gasteiger partial charge >= 0.3 is 5.97 Å². The van der Waals surface area contributed by atoms with Crippen LogP contribution in [0.3, 0.4) is 0 Å². The second-order valence-electron chi connectivity index (χ2n) is 8.34. The number of aromatic nitrogens is 4. The van der Waals surface area contributed by atoms with Gasteiger partial charge in [-0.25, -0.2) is 14.5 Å². The molecule has 0 atom stereocenters. The zero-order valence-electron chi connectivity index (χ0n) is 20.5. The third kappa shape index (κ3) is 4.79. The van der Waals surface area contributed by atoms with Gasteiger partial charge in [0.25, 0.3) is 5.56 Å². The Morgan fingerprint density at radius 3 is 2.49 bits per heavy atom. The standard InChI is InChI=1S/C28H24N4O5/c1-18-11-12-31-25(13-18)29-20(15-26(31)33)17-37-28(34)27-22(16-32(30-27)21-7-5-4-6-8-21)19-9-10-23(35-2)24(14-19)36-3/h4-16H,17H2,1-3H3. The Kier molecular flexibility index (Phi) is 6.42. The Balaban J connectivity index is 1.50. The van der Waals surface area contributed by atoms with Crippen molar-refractivity contribution in [3.63, 3.8) is 0 Å². The summed E-state index contributed by atoms with van der Waals surface area (Å²) in [5.74, 6) is 0.434. The molecule has 0 saturated heterocycles. The van der Waals surface area contributed by atoms with Crippen molar-refractivity contribution in [3.8, 4) is 28.3 Å². The van der Waals surface area contributed by atoms with Crippen molar-refractivity contribution in [1.82, 2.24) is 19.2 Å². The van der Waals surface area contributed by atoms with E-state index in [9.17, 15) is 9.59 Å². The van der Waals surface area contributed by atoms with Gasteiger partial charge in [0.15, 0.2) is 17.2 Å². The number of pyridine rings is 1.